The van der Waals surface area contributed by atoms with Crippen LogP contribution < -0.4 is 14.4 Å². The number of anilines is 1. The molecule has 2 aliphatic rings. The fourth-order valence-electron chi connectivity index (χ4n) is 4.21. The first-order valence-corrected chi connectivity index (χ1v) is 11.6. The normalized spacial score (nSPS) is 19.3. The van der Waals surface area contributed by atoms with Crippen LogP contribution in [0, 0.1) is 0 Å². The van der Waals surface area contributed by atoms with E-state index in [0.717, 1.165) is 43.4 Å². The van der Waals surface area contributed by atoms with Gasteiger partial charge in [-0.1, -0.05) is 31.0 Å². The fourth-order valence-corrected chi connectivity index (χ4v) is 5.51. The standard InChI is InChI=1S/C22H26N2O4S/c1-16-14-17-6-2-5-9-21(17)24(16)22(25)15-28-19-10-12-20(13-11-19)29(26,27)23-18-7-3-4-8-18/h2,5-6,9-13,16,18,23H,3-4,7-8,14-15H2,1H3. The van der Waals surface area contributed by atoms with Crippen LogP contribution in [-0.4, -0.2) is 33.0 Å². The van der Waals surface area contributed by atoms with Crippen molar-refractivity contribution in [3.63, 3.8) is 0 Å². The van der Waals surface area contributed by atoms with Gasteiger partial charge in [-0.05, 0) is 62.1 Å². The molecule has 1 unspecified atom stereocenters. The summed E-state index contributed by atoms with van der Waals surface area (Å²) >= 11 is 0. The van der Waals surface area contributed by atoms with Crippen molar-refractivity contribution in [1.29, 1.82) is 0 Å². The highest BCUT2D eigenvalue weighted by Gasteiger charge is 2.30. The molecule has 6 nitrogen and oxygen atoms in total. The number of para-hydroxylation sites is 1. The van der Waals surface area contributed by atoms with Gasteiger partial charge in [0.25, 0.3) is 5.91 Å². The van der Waals surface area contributed by atoms with Gasteiger partial charge in [-0.15, -0.1) is 0 Å². The maximum Gasteiger partial charge on any atom is 0.265 e. The number of nitrogens with one attached hydrogen (secondary N) is 1. The van der Waals surface area contributed by atoms with E-state index in [9.17, 15) is 13.2 Å². The van der Waals surface area contributed by atoms with Gasteiger partial charge in [-0.25, -0.2) is 13.1 Å². The Balaban J connectivity index is 1.37. The summed E-state index contributed by atoms with van der Waals surface area (Å²) in [6.07, 6.45) is 4.74. The third kappa shape index (κ3) is 4.31. The Labute approximate surface area is 171 Å². The number of fused-ring (bicyclic) bond motifs is 1. The van der Waals surface area contributed by atoms with E-state index in [-0.39, 0.29) is 29.5 Å². The number of rotatable bonds is 6. The molecule has 154 valence electrons. The SMILES string of the molecule is CC1Cc2ccccc2N1C(=O)COc1ccc(S(=O)(=O)NC2CCCC2)cc1. The van der Waals surface area contributed by atoms with Gasteiger partial charge in [0.15, 0.2) is 6.61 Å². The van der Waals surface area contributed by atoms with E-state index in [1.54, 1.807) is 17.0 Å². The van der Waals surface area contributed by atoms with Crippen molar-refractivity contribution in [3.05, 3.63) is 54.1 Å². The Hall–Kier alpha value is -2.38. The Morgan fingerprint density at radius 1 is 1.10 bits per heavy atom. The van der Waals surface area contributed by atoms with Crippen LogP contribution in [0.3, 0.4) is 0 Å². The molecular weight excluding hydrogens is 388 g/mol. The molecule has 1 heterocycles. The number of sulfonamides is 1. The second-order valence-electron chi connectivity index (χ2n) is 7.81. The van der Waals surface area contributed by atoms with Gasteiger partial charge in [-0.3, -0.25) is 4.79 Å². The van der Waals surface area contributed by atoms with Crippen molar-refractivity contribution >= 4 is 21.6 Å². The van der Waals surface area contributed by atoms with E-state index in [1.165, 1.54) is 12.1 Å². The highest BCUT2D eigenvalue weighted by molar-refractivity contribution is 7.89. The van der Waals surface area contributed by atoms with Crippen LogP contribution in [0.2, 0.25) is 0 Å². The van der Waals surface area contributed by atoms with Gasteiger partial charge in [0, 0.05) is 17.8 Å². The van der Waals surface area contributed by atoms with Crippen LogP contribution in [0.25, 0.3) is 0 Å². The van der Waals surface area contributed by atoms with Gasteiger partial charge < -0.3 is 9.64 Å². The molecule has 0 bridgehead atoms. The molecule has 1 aliphatic carbocycles. The van der Waals surface area contributed by atoms with Crippen LogP contribution in [-0.2, 0) is 21.2 Å². The molecular formula is C22H26N2O4S. The molecule has 1 aliphatic heterocycles. The molecule has 7 heteroatoms. The first-order valence-electron chi connectivity index (χ1n) is 10.1. The zero-order chi connectivity index (χ0) is 20.4. The molecule has 0 radical (unpaired) electrons. The fraction of sp³-hybridized carbons (Fsp3) is 0.409. The molecule has 1 fully saturated rings. The number of carbonyl (C=O) groups excluding carboxylic acids is 1. The summed E-state index contributed by atoms with van der Waals surface area (Å²) < 4.78 is 33.4. The lowest BCUT2D eigenvalue weighted by Gasteiger charge is -2.22. The van der Waals surface area contributed by atoms with E-state index in [2.05, 4.69) is 4.72 Å². The summed E-state index contributed by atoms with van der Waals surface area (Å²) in [6.45, 7) is 1.93. The van der Waals surface area contributed by atoms with Crippen LogP contribution in [0.1, 0.15) is 38.2 Å². The minimum absolute atomic E-state index is 0.0267. The largest absolute Gasteiger partial charge is 0.484 e. The molecule has 2 aromatic rings. The van der Waals surface area contributed by atoms with Crippen molar-refractivity contribution in [2.75, 3.05) is 11.5 Å². The maximum absolute atomic E-state index is 12.7. The predicted octanol–water partition coefficient (Wildman–Crippen LogP) is 3.26. The molecule has 1 saturated carbocycles. The number of hydrogen-bond donors (Lipinski definition) is 1. The summed E-state index contributed by atoms with van der Waals surface area (Å²) in [7, 11) is -3.53. The number of hydrogen-bond acceptors (Lipinski definition) is 4. The molecule has 2 aromatic carbocycles. The van der Waals surface area contributed by atoms with Gasteiger partial charge in [0.2, 0.25) is 10.0 Å². The van der Waals surface area contributed by atoms with Crippen molar-refractivity contribution in [2.45, 2.75) is 56.0 Å². The zero-order valence-corrected chi connectivity index (χ0v) is 17.3. The second-order valence-corrected chi connectivity index (χ2v) is 9.52. The Kier molecular flexibility index (Phi) is 5.61. The predicted molar refractivity (Wildman–Crippen MR) is 112 cm³/mol. The molecule has 0 aromatic heterocycles. The molecule has 4 rings (SSSR count). The van der Waals surface area contributed by atoms with Crippen LogP contribution in [0.15, 0.2) is 53.4 Å². The topological polar surface area (TPSA) is 75.7 Å². The Morgan fingerprint density at radius 3 is 2.52 bits per heavy atom. The summed E-state index contributed by atoms with van der Waals surface area (Å²) in [4.78, 5) is 14.7. The first-order chi connectivity index (χ1) is 13.9. The van der Waals surface area contributed by atoms with E-state index < -0.39 is 10.0 Å². The smallest absolute Gasteiger partial charge is 0.265 e. The average Bonchev–Trinajstić information content (AvgIpc) is 3.32. The minimum atomic E-state index is -3.53. The van der Waals surface area contributed by atoms with Crippen LogP contribution in [0.5, 0.6) is 5.75 Å². The third-order valence-electron chi connectivity index (χ3n) is 5.65. The van der Waals surface area contributed by atoms with Gasteiger partial charge >= 0.3 is 0 Å². The second kappa shape index (κ2) is 8.16. The summed E-state index contributed by atoms with van der Waals surface area (Å²) in [5.74, 6) is 0.361. The van der Waals surface area contributed by atoms with Gasteiger partial charge in [0.1, 0.15) is 5.75 Å². The molecule has 29 heavy (non-hydrogen) atoms. The summed E-state index contributed by atoms with van der Waals surface area (Å²) in [5, 5.41) is 0. The Bertz CT molecular complexity index is 982. The zero-order valence-electron chi connectivity index (χ0n) is 16.5. The molecule has 0 saturated heterocycles. The minimum Gasteiger partial charge on any atom is -0.484 e. The third-order valence-corrected chi connectivity index (χ3v) is 7.19. The molecule has 1 N–H and O–H groups in total. The number of ether oxygens (including phenoxy) is 1. The highest BCUT2D eigenvalue weighted by atomic mass is 32.2. The monoisotopic (exact) mass is 414 g/mol. The maximum atomic E-state index is 12.7. The van der Waals surface area contributed by atoms with Crippen molar-refractivity contribution in [2.24, 2.45) is 0 Å². The van der Waals surface area contributed by atoms with Gasteiger partial charge in [-0.2, -0.15) is 0 Å². The first kappa shape index (κ1) is 19.9. The molecule has 1 amide bonds. The Morgan fingerprint density at radius 2 is 1.79 bits per heavy atom. The highest BCUT2D eigenvalue weighted by Crippen LogP contribution is 2.32. The lowest BCUT2D eigenvalue weighted by molar-refractivity contribution is -0.120. The molecule has 0 spiro atoms. The lowest BCUT2D eigenvalue weighted by Crippen LogP contribution is -2.39. The van der Waals surface area contributed by atoms with Crippen molar-refractivity contribution in [3.8, 4) is 5.75 Å². The van der Waals surface area contributed by atoms with E-state index in [4.69, 9.17) is 4.74 Å². The summed E-state index contributed by atoms with van der Waals surface area (Å²) in [6, 6.07) is 14.2. The average molecular weight is 415 g/mol. The number of carbonyl (C=O) groups is 1. The summed E-state index contributed by atoms with van der Waals surface area (Å²) in [5.41, 5.74) is 2.10. The number of benzene rings is 2. The lowest BCUT2D eigenvalue weighted by atomic mass is 10.1. The van der Waals surface area contributed by atoms with E-state index >= 15 is 0 Å². The van der Waals surface area contributed by atoms with Gasteiger partial charge in [0.05, 0.1) is 4.90 Å². The van der Waals surface area contributed by atoms with Crippen molar-refractivity contribution in [1.82, 2.24) is 4.72 Å². The molecule has 1 atom stereocenters. The van der Waals surface area contributed by atoms with Crippen molar-refractivity contribution < 1.29 is 17.9 Å². The van der Waals surface area contributed by atoms with Crippen LogP contribution in [0.4, 0.5) is 5.69 Å². The number of nitrogens with zero attached hydrogens (tertiary/aromatic N) is 1. The van der Waals surface area contributed by atoms with E-state index in [0.29, 0.717) is 5.75 Å². The quantitative estimate of drug-likeness (QED) is 0.787. The van der Waals surface area contributed by atoms with E-state index in [1.807, 2.05) is 31.2 Å². The van der Waals surface area contributed by atoms with Crippen LogP contribution >= 0.6 is 0 Å². The number of amides is 1.